The molecular formula is C10H10FN5O3. The second kappa shape index (κ2) is 4.14. The molecule has 1 saturated heterocycles. The number of anilines is 1. The van der Waals surface area contributed by atoms with E-state index in [2.05, 4.69) is 20.2 Å². The van der Waals surface area contributed by atoms with Gasteiger partial charge in [-0.15, -0.1) is 0 Å². The molecule has 0 aromatic carbocycles. The van der Waals surface area contributed by atoms with Crippen LogP contribution in [-0.2, 0) is 4.74 Å². The lowest BCUT2D eigenvalue weighted by Gasteiger charge is -2.12. The number of nitrogens with one attached hydrogen (secondary N) is 1. The maximum absolute atomic E-state index is 12.5. The number of aromatic nitrogens is 4. The number of fused-ring (bicyclic) bond motifs is 1. The van der Waals surface area contributed by atoms with Crippen LogP contribution in [0, 0.1) is 0 Å². The van der Waals surface area contributed by atoms with Crippen molar-refractivity contribution in [2.75, 3.05) is 5.73 Å². The number of aliphatic hydroxyl groups excluding tert-OH is 2. The van der Waals surface area contributed by atoms with Gasteiger partial charge in [-0.25, -0.2) is 14.4 Å². The monoisotopic (exact) mass is 267 g/mol. The number of nitrogens with two attached hydrogens (primary N) is 1. The average molecular weight is 267 g/mol. The third kappa shape index (κ3) is 1.63. The molecule has 0 amide bonds. The van der Waals surface area contributed by atoms with Gasteiger partial charge in [0, 0.05) is 0 Å². The van der Waals surface area contributed by atoms with E-state index in [1.807, 2.05) is 0 Å². The molecule has 0 bridgehead atoms. The van der Waals surface area contributed by atoms with E-state index < -0.39 is 18.3 Å². The third-order valence-electron chi connectivity index (χ3n) is 2.97. The molecule has 1 aliphatic rings. The van der Waals surface area contributed by atoms with Crippen LogP contribution in [0.5, 0.6) is 0 Å². The Balaban J connectivity index is 2.09. The first-order chi connectivity index (χ1) is 9.13. The number of rotatable bonds is 1. The smallest absolute Gasteiger partial charge is 0.171 e. The molecular weight excluding hydrogens is 257 g/mol. The second-order valence-corrected chi connectivity index (χ2v) is 4.08. The Bertz CT molecular complexity index is 658. The lowest BCUT2D eigenvalue weighted by atomic mass is 10.1. The molecule has 9 heteroatoms. The SMILES string of the molecule is Nc1ncnc2c([C@@H]3O/C(=C/F)[C@@H](O)[C@H]3O)[nH]nc12. The molecule has 2 aromatic rings. The molecule has 0 radical (unpaired) electrons. The molecule has 2 aromatic heterocycles. The summed E-state index contributed by atoms with van der Waals surface area (Å²) in [5.74, 6) is -0.177. The quantitative estimate of drug-likeness (QED) is 0.550. The number of hydrogen-bond acceptors (Lipinski definition) is 7. The largest absolute Gasteiger partial charge is 0.480 e. The van der Waals surface area contributed by atoms with Crippen LogP contribution in [0.3, 0.4) is 0 Å². The lowest BCUT2D eigenvalue weighted by molar-refractivity contribution is 0.0217. The lowest BCUT2D eigenvalue weighted by Crippen LogP contribution is -2.24. The van der Waals surface area contributed by atoms with E-state index in [1.165, 1.54) is 6.33 Å². The summed E-state index contributed by atoms with van der Waals surface area (Å²) in [6.07, 6.45) is -2.43. The van der Waals surface area contributed by atoms with E-state index in [9.17, 15) is 14.6 Å². The maximum Gasteiger partial charge on any atom is 0.171 e. The molecule has 8 nitrogen and oxygen atoms in total. The first kappa shape index (κ1) is 11.8. The number of halogens is 1. The molecule has 0 spiro atoms. The molecule has 5 N–H and O–H groups in total. The van der Waals surface area contributed by atoms with E-state index in [-0.39, 0.29) is 17.9 Å². The number of nitrogen functional groups attached to an aromatic ring is 1. The minimum atomic E-state index is -1.44. The van der Waals surface area contributed by atoms with Gasteiger partial charge in [-0.05, 0) is 0 Å². The van der Waals surface area contributed by atoms with Gasteiger partial charge >= 0.3 is 0 Å². The summed E-state index contributed by atoms with van der Waals surface area (Å²) in [6, 6.07) is 0. The number of H-pyrrole nitrogens is 1. The fourth-order valence-electron chi connectivity index (χ4n) is 2.01. The van der Waals surface area contributed by atoms with Crippen LogP contribution in [0.1, 0.15) is 11.8 Å². The average Bonchev–Trinajstić information content (AvgIpc) is 2.94. The normalized spacial score (nSPS) is 29.0. The number of hydrogen-bond donors (Lipinski definition) is 4. The summed E-state index contributed by atoms with van der Waals surface area (Å²) >= 11 is 0. The Labute approximate surface area is 105 Å². The van der Waals surface area contributed by atoms with Crippen molar-refractivity contribution in [3.63, 3.8) is 0 Å². The molecule has 3 rings (SSSR count). The Morgan fingerprint density at radius 2 is 2.16 bits per heavy atom. The van der Waals surface area contributed by atoms with Crippen molar-refractivity contribution in [1.29, 1.82) is 0 Å². The minimum Gasteiger partial charge on any atom is -0.480 e. The standard InChI is InChI=1S/C10H10FN5O3/c11-1-3-7(17)8(18)9(19-3)5-4-6(16-15-5)10(12)14-2-13-4/h1-2,7-9,17-18H,(H,15,16)(H2,12,13,14)/b3-1+/t7-,8-,9+/m1/s1. The molecule has 1 fully saturated rings. The summed E-state index contributed by atoms with van der Waals surface area (Å²) in [5.41, 5.74) is 6.60. The van der Waals surface area contributed by atoms with Gasteiger partial charge in [-0.1, -0.05) is 0 Å². The zero-order valence-corrected chi connectivity index (χ0v) is 9.49. The highest BCUT2D eigenvalue weighted by Crippen LogP contribution is 2.37. The molecule has 19 heavy (non-hydrogen) atoms. The Morgan fingerprint density at radius 3 is 2.84 bits per heavy atom. The minimum absolute atomic E-state index is 0.107. The summed E-state index contributed by atoms with van der Waals surface area (Å²) in [6.45, 7) is 0. The van der Waals surface area contributed by atoms with Crippen molar-refractivity contribution in [1.82, 2.24) is 20.2 Å². The van der Waals surface area contributed by atoms with Gasteiger partial charge < -0.3 is 20.7 Å². The van der Waals surface area contributed by atoms with Crippen LogP contribution in [0.15, 0.2) is 18.4 Å². The number of ether oxygens (including phenoxy) is 1. The predicted octanol–water partition coefficient (Wildman–Crippen LogP) is -0.461. The molecule has 3 atom stereocenters. The van der Waals surface area contributed by atoms with Gasteiger partial charge in [-0.2, -0.15) is 5.10 Å². The second-order valence-electron chi connectivity index (χ2n) is 4.08. The van der Waals surface area contributed by atoms with Crippen LogP contribution in [-0.4, -0.2) is 42.6 Å². The molecule has 0 aliphatic carbocycles. The molecule has 1 aliphatic heterocycles. The van der Waals surface area contributed by atoms with Gasteiger partial charge in [0.2, 0.25) is 0 Å². The van der Waals surface area contributed by atoms with Crippen molar-refractivity contribution in [2.45, 2.75) is 18.3 Å². The molecule has 3 heterocycles. The summed E-state index contributed by atoms with van der Waals surface area (Å²) in [5, 5.41) is 26.0. The summed E-state index contributed by atoms with van der Waals surface area (Å²) in [7, 11) is 0. The maximum atomic E-state index is 12.5. The van der Waals surface area contributed by atoms with Gasteiger partial charge in [0.1, 0.15) is 36.1 Å². The number of aliphatic hydroxyl groups is 2. The highest BCUT2D eigenvalue weighted by Gasteiger charge is 2.42. The van der Waals surface area contributed by atoms with Crippen LogP contribution >= 0.6 is 0 Å². The predicted molar refractivity (Wildman–Crippen MR) is 61.1 cm³/mol. The number of aromatic amines is 1. The van der Waals surface area contributed by atoms with E-state index in [4.69, 9.17) is 10.5 Å². The van der Waals surface area contributed by atoms with Crippen LogP contribution in [0.2, 0.25) is 0 Å². The van der Waals surface area contributed by atoms with E-state index in [0.29, 0.717) is 16.7 Å². The summed E-state index contributed by atoms with van der Waals surface area (Å²) in [4.78, 5) is 7.76. The Morgan fingerprint density at radius 1 is 1.37 bits per heavy atom. The van der Waals surface area contributed by atoms with E-state index in [1.54, 1.807) is 0 Å². The van der Waals surface area contributed by atoms with Crippen molar-refractivity contribution < 1.29 is 19.3 Å². The molecule has 0 unspecified atom stereocenters. The van der Waals surface area contributed by atoms with Gasteiger partial charge in [0.05, 0.1) is 0 Å². The Hall–Kier alpha value is -2.26. The van der Waals surface area contributed by atoms with Gasteiger partial charge in [0.15, 0.2) is 23.2 Å². The number of nitrogens with zero attached hydrogens (tertiary/aromatic N) is 3. The summed E-state index contributed by atoms with van der Waals surface area (Å²) < 4.78 is 17.6. The van der Waals surface area contributed by atoms with E-state index >= 15 is 0 Å². The first-order valence-electron chi connectivity index (χ1n) is 5.41. The van der Waals surface area contributed by atoms with Crippen LogP contribution in [0.4, 0.5) is 10.2 Å². The van der Waals surface area contributed by atoms with Crippen molar-refractivity contribution >= 4 is 16.9 Å². The highest BCUT2D eigenvalue weighted by atomic mass is 19.1. The zero-order chi connectivity index (χ0) is 13.6. The van der Waals surface area contributed by atoms with Crippen molar-refractivity contribution in [2.24, 2.45) is 0 Å². The first-order valence-corrected chi connectivity index (χ1v) is 5.41. The van der Waals surface area contributed by atoms with Gasteiger partial charge in [-0.3, -0.25) is 5.10 Å². The van der Waals surface area contributed by atoms with E-state index in [0.717, 1.165) is 0 Å². The fraction of sp³-hybridized carbons (Fsp3) is 0.300. The van der Waals surface area contributed by atoms with Crippen LogP contribution < -0.4 is 5.73 Å². The molecule has 100 valence electrons. The van der Waals surface area contributed by atoms with Crippen molar-refractivity contribution in [3.8, 4) is 0 Å². The van der Waals surface area contributed by atoms with Crippen LogP contribution in [0.25, 0.3) is 11.0 Å². The molecule has 0 saturated carbocycles. The zero-order valence-electron chi connectivity index (χ0n) is 9.49. The van der Waals surface area contributed by atoms with Crippen molar-refractivity contribution in [3.05, 3.63) is 24.1 Å². The third-order valence-corrected chi connectivity index (χ3v) is 2.97. The fourth-order valence-corrected chi connectivity index (χ4v) is 2.01. The Kier molecular flexibility index (Phi) is 2.57. The highest BCUT2D eigenvalue weighted by molar-refractivity contribution is 5.85. The topological polar surface area (TPSA) is 130 Å². The van der Waals surface area contributed by atoms with Gasteiger partial charge in [0.25, 0.3) is 0 Å².